The van der Waals surface area contributed by atoms with Gasteiger partial charge < -0.3 is 0 Å². The molecule has 5 heteroatoms. The summed E-state index contributed by atoms with van der Waals surface area (Å²) in [7, 11) is -2.84. The molecule has 0 saturated carbocycles. The number of nitrogens with zero attached hydrogens (tertiary/aromatic N) is 1. The Morgan fingerprint density at radius 1 is 1.16 bits per heavy atom. The largest absolute Gasteiger partial charge is 0.298 e. The van der Waals surface area contributed by atoms with Crippen LogP contribution in [0, 0.1) is 0 Å². The first kappa shape index (κ1) is 16.7. The molecule has 0 radical (unpaired) electrons. The van der Waals surface area contributed by atoms with Gasteiger partial charge in [0.2, 0.25) is 0 Å². The molecule has 0 N–H and O–H groups in total. The van der Waals surface area contributed by atoms with Crippen molar-refractivity contribution in [3.8, 4) is 0 Å². The molecule has 1 rings (SSSR count). The highest BCUT2D eigenvalue weighted by atomic mass is 79.9. The molecule has 0 saturated heterocycles. The minimum atomic E-state index is -2.84. The van der Waals surface area contributed by atoms with Crippen molar-refractivity contribution in [1.29, 1.82) is 0 Å². The van der Waals surface area contributed by atoms with E-state index in [4.69, 9.17) is 0 Å². The van der Waals surface area contributed by atoms with Crippen LogP contribution in [-0.2, 0) is 16.4 Å². The summed E-state index contributed by atoms with van der Waals surface area (Å²) in [5.74, 6) is 0.529. The number of sulfone groups is 1. The molecule has 0 fully saturated rings. The van der Waals surface area contributed by atoms with E-state index >= 15 is 0 Å². The average Bonchev–Trinajstić information content (AvgIpc) is 2.40. The lowest BCUT2D eigenvalue weighted by Gasteiger charge is -2.21. The fraction of sp³-hybridized carbons (Fsp3) is 0.571. The number of hydrogen-bond acceptors (Lipinski definition) is 3. The van der Waals surface area contributed by atoms with Gasteiger partial charge >= 0.3 is 0 Å². The van der Waals surface area contributed by atoms with Crippen molar-refractivity contribution in [1.82, 2.24) is 4.90 Å². The molecule has 0 bridgehead atoms. The minimum Gasteiger partial charge on any atom is -0.298 e. The molecular formula is C14H22BrNO2S. The normalized spacial score (nSPS) is 11.9. The van der Waals surface area contributed by atoms with Crippen molar-refractivity contribution in [3.63, 3.8) is 0 Å². The summed E-state index contributed by atoms with van der Waals surface area (Å²) < 4.78 is 22.9. The molecule has 3 nitrogen and oxygen atoms in total. The second kappa shape index (κ2) is 8.72. The zero-order valence-electron chi connectivity index (χ0n) is 11.4. The van der Waals surface area contributed by atoms with Gasteiger partial charge in [0.25, 0.3) is 0 Å². The molecule has 0 aromatic heterocycles. The zero-order chi connectivity index (χ0) is 14.1. The van der Waals surface area contributed by atoms with Gasteiger partial charge in [-0.2, -0.15) is 0 Å². The van der Waals surface area contributed by atoms with Crippen LogP contribution in [-0.4, -0.2) is 43.2 Å². The summed E-state index contributed by atoms with van der Waals surface area (Å²) in [5.41, 5.74) is 1.27. The Balaban J connectivity index is 2.45. The van der Waals surface area contributed by atoms with Gasteiger partial charge in [-0.15, -0.1) is 0 Å². The molecular weight excluding hydrogens is 326 g/mol. The van der Waals surface area contributed by atoms with Crippen LogP contribution in [0.15, 0.2) is 30.3 Å². The lowest BCUT2D eigenvalue weighted by atomic mass is 10.2. The Labute approximate surface area is 125 Å². The predicted octanol–water partition coefficient (Wildman–Crippen LogP) is 2.71. The maximum Gasteiger partial charge on any atom is 0.150 e. The van der Waals surface area contributed by atoms with E-state index in [1.54, 1.807) is 6.92 Å². The molecule has 0 amide bonds. The molecule has 0 spiro atoms. The summed E-state index contributed by atoms with van der Waals surface area (Å²) in [5, 5.41) is 0.903. The molecule has 0 heterocycles. The van der Waals surface area contributed by atoms with E-state index < -0.39 is 9.84 Å². The zero-order valence-corrected chi connectivity index (χ0v) is 13.8. The lowest BCUT2D eigenvalue weighted by Crippen LogP contribution is -2.28. The van der Waals surface area contributed by atoms with E-state index in [1.807, 2.05) is 18.2 Å². The first-order valence-electron chi connectivity index (χ1n) is 6.60. The molecule has 0 atom stereocenters. The molecule has 0 aliphatic heterocycles. The van der Waals surface area contributed by atoms with Gasteiger partial charge in [-0.05, 0) is 18.5 Å². The van der Waals surface area contributed by atoms with Gasteiger partial charge in [-0.25, -0.2) is 8.42 Å². The minimum absolute atomic E-state index is 0.240. The van der Waals surface area contributed by atoms with E-state index in [0.29, 0.717) is 6.42 Å². The first-order valence-corrected chi connectivity index (χ1v) is 9.54. The van der Waals surface area contributed by atoms with Crippen LogP contribution in [0.3, 0.4) is 0 Å². The second-order valence-corrected chi connectivity index (χ2v) is 7.81. The van der Waals surface area contributed by atoms with Crippen LogP contribution >= 0.6 is 15.9 Å². The van der Waals surface area contributed by atoms with Crippen molar-refractivity contribution in [3.05, 3.63) is 35.9 Å². The van der Waals surface area contributed by atoms with Crippen molar-refractivity contribution < 1.29 is 8.42 Å². The monoisotopic (exact) mass is 347 g/mol. The van der Waals surface area contributed by atoms with Crippen LogP contribution in [0.5, 0.6) is 0 Å². The Morgan fingerprint density at radius 2 is 1.84 bits per heavy atom. The first-order chi connectivity index (χ1) is 9.07. The summed E-state index contributed by atoms with van der Waals surface area (Å²) in [6.07, 6.45) is 0.704. The third-order valence-electron chi connectivity index (χ3n) is 3.02. The molecule has 0 unspecified atom stereocenters. The molecule has 1 aromatic carbocycles. The highest BCUT2D eigenvalue weighted by Crippen LogP contribution is 2.06. The Kier molecular flexibility index (Phi) is 7.64. The Bertz CT molecular complexity index is 448. The maximum atomic E-state index is 11.5. The van der Waals surface area contributed by atoms with Crippen molar-refractivity contribution in [2.75, 3.05) is 29.9 Å². The molecule has 19 heavy (non-hydrogen) atoms. The average molecular weight is 348 g/mol. The number of halogens is 1. The van der Waals surface area contributed by atoms with Gasteiger partial charge in [-0.1, -0.05) is 53.2 Å². The van der Waals surface area contributed by atoms with Gasteiger partial charge in [0.05, 0.1) is 5.75 Å². The van der Waals surface area contributed by atoms with Crippen LogP contribution in [0.2, 0.25) is 0 Å². The fourth-order valence-corrected chi connectivity index (χ4v) is 3.24. The SMILES string of the molecule is CCS(=O)(=O)CCCN(CCBr)Cc1ccccc1. The van der Waals surface area contributed by atoms with E-state index in [1.165, 1.54) is 5.56 Å². The van der Waals surface area contributed by atoms with Crippen molar-refractivity contribution >= 4 is 25.8 Å². The third kappa shape index (κ3) is 7.09. The topological polar surface area (TPSA) is 37.4 Å². The number of rotatable bonds is 9. The fourth-order valence-electron chi connectivity index (χ4n) is 1.88. The van der Waals surface area contributed by atoms with E-state index in [2.05, 4.69) is 33.0 Å². The van der Waals surface area contributed by atoms with Gasteiger partial charge in [0, 0.05) is 24.2 Å². The van der Waals surface area contributed by atoms with Crippen molar-refractivity contribution in [2.45, 2.75) is 19.9 Å². The lowest BCUT2D eigenvalue weighted by molar-refractivity contribution is 0.284. The molecule has 1 aromatic rings. The van der Waals surface area contributed by atoms with E-state index in [-0.39, 0.29) is 11.5 Å². The smallest absolute Gasteiger partial charge is 0.150 e. The Morgan fingerprint density at radius 3 is 2.42 bits per heavy atom. The third-order valence-corrected chi connectivity index (χ3v) is 5.16. The van der Waals surface area contributed by atoms with Crippen LogP contribution < -0.4 is 0 Å². The highest BCUT2D eigenvalue weighted by molar-refractivity contribution is 9.09. The highest BCUT2D eigenvalue weighted by Gasteiger charge is 2.10. The van der Waals surface area contributed by atoms with Crippen molar-refractivity contribution in [2.24, 2.45) is 0 Å². The number of hydrogen-bond donors (Lipinski definition) is 0. The molecule has 108 valence electrons. The molecule has 0 aliphatic carbocycles. The maximum absolute atomic E-state index is 11.5. The standard InChI is InChI=1S/C14H22BrNO2S/c1-2-19(17,18)12-6-10-16(11-9-15)13-14-7-4-3-5-8-14/h3-5,7-8H,2,6,9-13H2,1H3. The summed E-state index contributed by atoms with van der Waals surface area (Å²) in [6.45, 7) is 4.33. The second-order valence-electron chi connectivity index (χ2n) is 4.54. The predicted molar refractivity (Wildman–Crippen MR) is 84.5 cm³/mol. The van der Waals surface area contributed by atoms with Crippen LogP contribution in [0.4, 0.5) is 0 Å². The Hall–Kier alpha value is -0.390. The quantitative estimate of drug-likeness (QED) is 0.644. The number of benzene rings is 1. The van der Waals surface area contributed by atoms with E-state index in [0.717, 1.165) is 25.0 Å². The summed E-state index contributed by atoms with van der Waals surface area (Å²) in [6, 6.07) is 10.3. The summed E-state index contributed by atoms with van der Waals surface area (Å²) >= 11 is 3.45. The molecule has 0 aliphatic rings. The van der Waals surface area contributed by atoms with Crippen LogP contribution in [0.1, 0.15) is 18.9 Å². The van der Waals surface area contributed by atoms with E-state index in [9.17, 15) is 8.42 Å². The number of alkyl halides is 1. The van der Waals surface area contributed by atoms with Gasteiger partial charge in [0.1, 0.15) is 9.84 Å². The van der Waals surface area contributed by atoms with Gasteiger partial charge in [-0.3, -0.25) is 4.90 Å². The summed E-state index contributed by atoms with van der Waals surface area (Å²) in [4.78, 5) is 2.29. The van der Waals surface area contributed by atoms with Gasteiger partial charge in [0.15, 0.2) is 0 Å². The van der Waals surface area contributed by atoms with Crippen LogP contribution in [0.25, 0.3) is 0 Å².